The van der Waals surface area contributed by atoms with Crippen LogP contribution < -0.4 is 11.5 Å². The molecule has 4 aromatic heterocycles. The molecule has 2 saturated heterocycles. The van der Waals surface area contributed by atoms with E-state index in [4.69, 9.17) is 16.2 Å². The summed E-state index contributed by atoms with van der Waals surface area (Å²) < 4.78 is 46.8. The second kappa shape index (κ2) is 9.78. The van der Waals surface area contributed by atoms with Crippen LogP contribution in [0, 0.1) is 6.92 Å². The summed E-state index contributed by atoms with van der Waals surface area (Å²) in [5.41, 5.74) is 14.4. The van der Waals surface area contributed by atoms with Gasteiger partial charge in [-0.05, 0) is 51.4 Å². The Kier molecular flexibility index (Phi) is 6.67. The standard InChI is InChI=1S/C15H14F2N8.C9H16FNO/c1-7-20-10-3-2-9(21-14(10)24(7)6-11(16)17)8-4-5-25-12(8)13(18)22-15(19)23-25;1-9(6-12-7-9)11-4-2-3-8(10)5-11/h2-5,11H,6H2,1H3,(H4,18,19,22,23);8H,2-7H2,1H3/t;8-/m.1/s1. The minimum Gasteiger partial charge on any atom is -0.382 e. The topological polar surface area (TPSA) is 125 Å². The fourth-order valence-corrected chi connectivity index (χ4v) is 4.89. The molecule has 0 saturated carbocycles. The Bertz CT molecular complexity index is 1420. The SMILES string of the molecule is CC1(N2CCC[C@@H](F)C2)COC1.Cc1nc2ccc(-c3ccn4nc(N)nc(N)c34)nc2n1CC(F)F. The van der Waals surface area contributed by atoms with Crippen LogP contribution in [-0.4, -0.2) is 78.5 Å². The number of hydrogen-bond donors (Lipinski definition) is 2. The minimum atomic E-state index is -2.50. The average molecular weight is 518 g/mol. The number of nitrogens with two attached hydrogens (primary N) is 2. The van der Waals surface area contributed by atoms with Gasteiger partial charge in [0.25, 0.3) is 6.43 Å². The third-order valence-electron chi connectivity index (χ3n) is 6.89. The predicted octanol–water partition coefficient (Wildman–Crippen LogP) is 3.09. The van der Waals surface area contributed by atoms with E-state index < -0.39 is 19.1 Å². The Morgan fingerprint density at radius 1 is 1.16 bits per heavy atom. The molecule has 0 radical (unpaired) electrons. The highest BCUT2D eigenvalue weighted by Crippen LogP contribution is 2.30. The Labute approximate surface area is 211 Å². The zero-order chi connectivity index (χ0) is 26.3. The van der Waals surface area contributed by atoms with Gasteiger partial charge < -0.3 is 20.8 Å². The second-order valence-electron chi connectivity index (χ2n) is 9.75. The minimum absolute atomic E-state index is 0.0567. The first-order valence-corrected chi connectivity index (χ1v) is 12.1. The Morgan fingerprint density at radius 2 is 1.95 bits per heavy atom. The van der Waals surface area contributed by atoms with Crippen LogP contribution in [0.5, 0.6) is 0 Å². The van der Waals surface area contributed by atoms with E-state index in [1.165, 1.54) is 9.08 Å². The summed E-state index contributed by atoms with van der Waals surface area (Å²) in [5, 5.41) is 4.06. The van der Waals surface area contributed by atoms with Crippen molar-refractivity contribution < 1.29 is 17.9 Å². The number of halogens is 3. The highest BCUT2D eigenvalue weighted by molar-refractivity contribution is 5.88. The molecular weight excluding hydrogens is 487 g/mol. The molecule has 2 aliphatic rings. The summed E-state index contributed by atoms with van der Waals surface area (Å²) in [6.45, 7) is 6.58. The lowest BCUT2D eigenvalue weighted by molar-refractivity contribution is -0.141. The first kappa shape index (κ1) is 25.2. The molecule has 0 amide bonds. The van der Waals surface area contributed by atoms with Crippen LogP contribution in [0.2, 0.25) is 0 Å². The van der Waals surface area contributed by atoms with Crippen LogP contribution in [0.1, 0.15) is 25.6 Å². The van der Waals surface area contributed by atoms with Crippen molar-refractivity contribution in [3.8, 4) is 11.3 Å². The van der Waals surface area contributed by atoms with Gasteiger partial charge in [-0.1, -0.05) is 0 Å². The third-order valence-corrected chi connectivity index (χ3v) is 6.89. The molecule has 0 bridgehead atoms. The first-order valence-electron chi connectivity index (χ1n) is 12.1. The number of nitrogens with zero attached hydrogens (tertiary/aromatic N) is 7. The van der Waals surface area contributed by atoms with E-state index in [0.29, 0.717) is 40.3 Å². The highest BCUT2D eigenvalue weighted by Gasteiger charge is 2.41. The second-order valence-corrected chi connectivity index (χ2v) is 9.75. The normalized spacial score (nSPS) is 19.7. The molecule has 10 nitrogen and oxygen atoms in total. The summed E-state index contributed by atoms with van der Waals surface area (Å²) in [6.07, 6.45) is 0.316. The van der Waals surface area contributed by atoms with E-state index in [9.17, 15) is 13.2 Å². The van der Waals surface area contributed by atoms with Gasteiger partial charge in [0, 0.05) is 18.3 Å². The van der Waals surface area contributed by atoms with Gasteiger partial charge in [-0.15, -0.1) is 5.10 Å². The molecule has 6 heterocycles. The maximum atomic E-state index is 13.0. The largest absolute Gasteiger partial charge is 0.382 e. The van der Waals surface area contributed by atoms with Gasteiger partial charge in [-0.3, -0.25) is 4.90 Å². The van der Waals surface area contributed by atoms with E-state index >= 15 is 0 Å². The molecule has 0 unspecified atom stereocenters. The molecule has 198 valence electrons. The Hall–Kier alpha value is -3.45. The number of hydrogen-bond acceptors (Lipinski definition) is 8. The number of piperidine rings is 1. The maximum Gasteiger partial charge on any atom is 0.256 e. The zero-order valence-electron chi connectivity index (χ0n) is 20.7. The van der Waals surface area contributed by atoms with E-state index in [-0.39, 0.29) is 17.3 Å². The molecule has 37 heavy (non-hydrogen) atoms. The van der Waals surface area contributed by atoms with Gasteiger partial charge >= 0.3 is 0 Å². The molecule has 6 rings (SSSR count). The van der Waals surface area contributed by atoms with Crippen molar-refractivity contribution in [2.45, 2.75) is 51.4 Å². The van der Waals surface area contributed by atoms with Gasteiger partial charge in [-0.25, -0.2) is 27.7 Å². The van der Waals surface area contributed by atoms with Crippen molar-refractivity contribution in [1.82, 2.24) is 34.0 Å². The van der Waals surface area contributed by atoms with Gasteiger partial charge in [0.2, 0.25) is 5.95 Å². The number of aryl methyl sites for hydroxylation is 1. The molecule has 2 fully saturated rings. The van der Waals surface area contributed by atoms with Crippen molar-refractivity contribution in [1.29, 1.82) is 0 Å². The van der Waals surface area contributed by atoms with Crippen LogP contribution in [0.4, 0.5) is 24.9 Å². The quantitative estimate of drug-likeness (QED) is 0.423. The summed E-state index contributed by atoms with van der Waals surface area (Å²) in [6, 6.07) is 5.27. The average Bonchev–Trinajstić information content (AvgIpc) is 3.38. The van der Waals surface area contributed by atoms with Crippen molar-refractivity contribution >= 4 is 28.4 Å². The van der Waals surface area contributed by atoms with E-state index in [2.05, 4.69) is 31.9 Å². The van der Waals surface area contributed by atoms with Crippen LogP contribution in [0.15, 0.2) is 24.4 Å². The number of ether oxygens (including phenoxy) is 1. The number of aromatic nitrogens is 6. The Balaban J connectivity index is 0.000000195. The van der Waals surface area contributed by atoms with E-state index in [1.807, 2.05) is 0 Å². The maximum absolute atomic E-state index is 13.0. The lowest BCUT2D eigenvalue weighted by Crippen LogP contribution is -2.62. The number of imidazole rings is 1. The van der Waals surface area contributed by atoms with Crippen molar-refractivity contribution in [3.63, 3.8) is 0 Å². The van der Waals surface area contributed by atoms with Crippen molar-refractivity contribution in [3.05, 3.63) is 30.2 Å². The lowest BCUT2D eigenvalue weighted by atomic mass is 9.94. The molecule has 13 heteroatoms. The number of nitrogen functional groups attached to an aromatic ring is 2. The molecule has 0 aromatic carbocycles. The number of pyridine rings is 1. The van der Waals surface area contributed by atoms with Crippen LogP contribution >= 0.6 is 0 Å². The van der Waals surface area contributed by atoms with Crippen molar-refractivity contribution in [2.24, 2.45) is 0 Å². The number of likely N-dealkylation sites (tertiary alicyclic amines) is 1. The molecule has 2 aliphatic heterocycles. The Morgan fingerprint density at radius 3 is 2.62 bits per heavy atom. The summed E-state index contributed by atoms with van der Waals surface area (Å²) in [4.78, 5) is 15.0. The fourth-order valence-electron chi connectivity index (χ4n) is 4.89. The van der Waals surface area contributed by atoms with E-state index in [0.717, 1.165) is 32.6 Å². The van der Waals surface area contributed by atoms with Gasteiger partial charge in [-0.2, -0.15) is 4.98 Å². The van der Waals surface area contributed by atoms with Crippen LogP contribution in [0.3, 0.4) is 0 Å². The van der Waals surface area contributed by atoms with Crippen molar-refractivity contribution in [2.75, 3.05) is 37.8 Å². The molecule has 4 N–H and O–H groups in total. The fraction of sp³-hybridized carbons (Fsp3) is 0.500. The molecule has 4 aromatic rings. The molecule has 1 atom stereocenters. The summed E-state index contributed by atoms with van der Waals surface area (Å²) in [7, 11) is 0. The van der Waals surface area contributed by atoms with Crippen LogP contribution in [0.25, 0.3) is 27.9 Å². The van der Waals surface area contributed by atoms with E-state index in [1.54, 1.807) is 31.3 Å². The molecule has 0 aliphatic carbocycles. The lowest BCUT2D eigenvalue weighted by Gasteiger charge is -2.49. The number of fused-ring (bicyclic) bond motifs is 2. The number of alkyl halides is 3. The van der Waals surface area contributed by atoms with Gasteiger partial charge in [0.05, 0.1) is 31.0 Å². The zero-order valence-corrected chi connectivity index (χ0v) is 20.7. The smallest absolute Gasteiger partial charge is 0.256 e. The molecule has 0 spiro atoms. The number of anilines is 2. The monoisotopic (exact) mass is 517 g/mol. The third kappa shape index (κ3) is 4.92. The van der Waals surface area contributed by atoms with Crippen LogP contribution in [-0.2, 0) is 11.3 Å². The van der Waals surface area contributed by atoms with Gasteiger partial charge in [0.1, 0.15) is 23.0 Å². The predicted molar refractivity (Wildman–Crippen MR) is 134 cm³/mol. The number of rotatable bonds is 4. The summed E-state index contributed by atoms with van der Waals surface area (Å²) in [5.74, 6) is 0.755. The molecular formula is C24H30F3N9O. The summed E-state index contributed by atoms with van der Waals surface area (Å²) >= 11 is 0. The highest BCUT2D eigenvalue weighted by atomic mass is 19.3. The van der Waals surface area contributed by atoms with Gasteiger partial charge in [0.15, 0.2) is 11.5 Å². The first-order chi connectivity index (χ1) is 17.6.